The van der Waals surface area contributed by atoms with E-state index in [9.17, 15) is 0 Å². The van der Waals surface area contributed by atoms with Crippen molar-refractivity contribution in [1.82, 2.24) is 10.2 Å². The van der Waals surface area contributed by atoms with Gasteiger partial charge < -0.3 is 10.0 Å². The van der Waals surface area contributed by atoms with Crippen molar-refractivity contribution in [3.63, 3.8) is 0 Å². The summed E-state index contributed by atoms with van der Waals surface area (Å²) in [6.07, 6.45) is 1.73. The molecule has 0 saturated carbocycles. The molecule has 0 atom stereocenters. The van der Waals surface area contributed by atoms with Crippen LogP contribution in [0.3, 0.4) is 0 Å². The topological polar surface area (TPSA) is 73.6 Å². The first-order valence-electron chi connectivity index (χ1n) is 7.38. The largest absolute Gasteiger partial charge is 0.395 e. The average molecular weight is 334 g/mol. The van der Waals surface area contributed by atoms with Gasteiger partial charge in [0.25, 0.3) is 0 Å². The maximum absolute atomic E-state index is 9.10. The number of aliphatic hydroxyl groups is 1. The fourth-order valence-corrected chi connectivity index (χ4v) is 2.24. The summed E-state index contributed by atoms with van der Waals surface area (Å²) >= 11 is 5.68. The molecular weight excluding hydrogens is 314 g/mol. The summed E-state index contributed by atoms with van der Waals surface area (Å²) in [4.78, 5) is 2.12. The number of nitrogens with one attached hydrogen (secondary N) is 1. The second-order valence-corrected chi connectivity index (χ2v) is 5.34. The minimum atomic E-state index is 0.141. The van der Waals surface area contributed by atoms with E-state index in [1.54, 1.807) is 18.3 Å². The third-order valence-electron chi connectivity index (χ3n) is 3.38. The van der Waals surface area contributed by atoms with Crippen LogP contribution < -0.4 is 10.3 Å². The van der Waals surface area contributed by atoms with Crippen LogP contribution in [0.1, 0.15) is 18.1 Å². The third kappa shape index (κ3) is 4.91. The Bertz CT molecular complexity index is 660. The van der Waals surface area contributed by atoms with Crippen molar-refractivity contribution < 1.29 is 5.11 Å². The van der Waals surface area contributed by atoms with Crippen LogP contribution >= 0.6 is 11.6 Å². The van der Waals surface area contributed by atoms with Crippen LogP contribution in [0.5, 0.6) is 0 Å². The molecule has 2 aromatic rings. The standard InChI is InChI=1S/C16H20ClN5O/c1-3-22(8-9-23)14-5-4-13(12(2)10-14)11-18-20-16-7-6-15(17)19-21-16/h4-7,10-11,23H,3,8-9H2,1-2H3,(H,20,21). The van der Waals surface area contributed by atoms with Gasteiger partial charge in [-0.15, -0.1) is 10.2 Å². The minimum absolute atomic E-state index is 0.141. The number of aryl methyl sites for hydroxylation is 1. The average Bonchev–Trinajstić information content (AvgIpc) is 2.56. The second-order valence-electron chi connectivity index (χ2n) is 4.96. The van der Waals surface area contributed by atoms with Crippen LogP contribution in [0.2, 0.25) is 5.15 Å². The number of rotatable bonds is 7. The Labute approximate surface area is 140 Å². The molecule has 23 heavy (non-hydrogen) atoms. The Kier molecular flexibility index (Phi) is 6.31. The molecule has 0 saturated heterocycles. The molecule has 0 radical (unpaired) electrons. The van der Waals surface area contributed by atoms with Crippen LogP contribution in [-0.4, -0.2) is 41.2 Å². The molecule has 0 spiro atoms. The lowest BCUT2D eigenvalue weighted by Gasteiger charge is -2.22. The van der Waals surface area contributed by atoms with E-state index in [2.05, 4.69) is 38.6 Å². The SMILES string of the molecule is CCN(CCO)c1ccc(C=NNc2ccc(Cl)nn2)c(C)c1. The number of hydrogen-bond acceptors (Lipinski definition) is 6. The molecule has 0 fully saturated rings. The number of benzene rings is 1. The lowest BCUT2D eigenvalue weighted by atomic mass is 10.1. The molecule has 0 amide bonds. The Morgan fingerprint density at radius 3 is 2.74 bits per heavy atom. The monoisotopic (exact) mass is 333 g/mol. The molecule has 7 heteroatoms. The fourth-order valence-electron chi connectivity index (χ4n) is 2.14. The highest BCUT2D eigenvalue weighted by atomic mass is 35.5. The van der Waals surface area contributed by atoms with Gasteiger partial charge in [-0.05, 0) is 49.2 Å². The number of anilines is 2. The predicted molar refractivity (Wildman–Crippen MR) is 94.4 cm³/mol. The molecule has 1 aromatic heterocycles. The highest BCUT2D eigenvalue weighted by Gasteiger charge is 2.05. The Morgan fingerprint density at radius 2 is 2.13 bits per heavy atom. The molecule has 0 unspecified atom stereocenters. The molecule has 2 rings (SSSR count). The van der Waals surface area contributed by atoms with Gasteiger partial charge >= 0.3 is 0 Å². The predicted octanol–water partition coefficient (Wildman–Crippen LogP) is 2.70. The van der Waals surface area contributed by atoms with Crippen LogP contribution in [0, 0.1) is 6.92 Å². The summed E-state index contributed by atoms with van der Waals surface area (Å²) < 4.78 is 0. The van der Waals surface area contributed by atoms with Crippen molar-refractivity contribution in [2.75, 3.05) is 30.0 Å². The molecule has 0 aliphatic rings. The van der Waals surface area contributed by atoms with Gasteiger partial charge in [-0.3, -0.25) is 5.43 Å². The minimum Gasteiger partial charge on any atom is -0.395 e. The van der Waals surface area contributed by atoms with Gasteiger partial charge in [0.1, 0.15) is 0 Å². The van der Waals surface area contributed by atoms with Crippen LogP contribution in [0.4, 0.5) is 11.5 Å². The van der Waals surface area contributed by atoms with Crippen LogP contribution in [0.25, 0.3) is 0 Å². The quantitative estimate of drug-likeness (QED) is 0.602. The number of aromatic nitrogens is 2. The Balaban J connectivity index is 2.05. The van der Waals surface area contributed by atoms with Crippen molar-refractivity contribution in [1.29, 1.82) is 0 Å². The highest BCUT2D eigenvalue weighted by Crippen LogP contribution is 2.18. The molecule has 1 aromatic carbocycles. The van der Waals surface area contributed by atoms with Gasteiger partial charge in [0.05, 0.1) is 12.8 Å². The first-order chi connectivity index (χ1) is 11.1. The molecule has 0 aliphatic carbocycles. The first-order valence-corrected chi connectivity index (χ1v) is 7.76. The number of hydrazone groups is 1. The van der Waals surface area contributed by atoms with Gasteiger partial charge in [0.15, 0.2) is 11.0 Å². The first kappa shape index (κ1) is 17.2. The third-order valence-corrected chi connectivity index (χ3v) is 3.59. The van der Waals surface area contributed by atoms with E-state index in [-0.39, 0.29) is 6.61 Å². The maximum atomic E-state index is 9.10. The molecule has 2 N–H and O–H groups in total. The van der Waals surface area contributed by atoms with E-state index in [4.69, 9.17) is 16.7 Å². The Hall–Kier alpha value is -2.18. The van der Waals surface area contributed by atoms with Crippen LogP contribution in [0.15, 0.2) is 35.4 Å². The summed E-state index contributed by atoms with van der Waals surface area (Å²) in [5, 5.41) is 21.2. The highest BCUT2D eigenvalue weighted by molar-refractivity contribution is 6.29. The van der Waals surface area contributed by atoms with Crippen molar-refractivity contribution in [2.24, 2.45) is 5.10 Å². The summed E-state index contributed by atoms with van der Waals surface area (Å²) in [5.41, 5.74) is 6.01. The number of likely N-dealkylation sites (N-methyl/N-ethyl adjacent to an activating group) is 1. The zero-order valence-corrected chi connectivity index (χ0v) is 14.0. The Morgan fingerprint density at radius 1 is 1.30 bits per heavy atom. The van der Waals surface area contributed by atoms with Gasteiger partial charge in [-0.2, -0.15) is 5.10 Å². The number of nitrogens with zero attached hydrogens (tertiary/aromatic N) is 4. The summed E-state index contributed by atoms with van der Waals surface area (Å²) in [6, 6.07) is 9.46. The molecule has 0 aliphatic heterocycles. The normalized spacial score (nSPS) is 11.0. The molecule has 1 heterocycles. The van der Waals surface area contributed by atoms with Crippen molar-refractivity contribution >= 4 is 29.3 Å². The fraction of sp³-hybridized carbons (Fsp3) is 0.312. The zero-order chi connectivity index (χ0) is 16.7. The second kappa shape index (κ2) is 8.45. The smallest absolute Gasteiger partial charge is 0.168 e. The summed E-state index contributed by atoms with van der Waals surface area (Å²) in [7, 11) is 0. The van der Waals surface area contributed by atoms with Gasteiger partial charge in [-0.25, -0.2) is 0 Å². The van der Waals surface area contributed by atoms with Crippen LogP contribution in [-0.2, 0) is 0 Å². The maximum Gasteiger partial charge on any atom is 0.168 e. The number of halogens is 1. The lowest BCUT2D eigenvalue weighted by Crippen LogP contribution is -2.26. The molecule has 122 valence electrons. The van der Waals surface area contributed by atoms with Gasteiger partial charge in [-0.1, -0.05) is 17.7 Å². The summed E-state index contributed by atoms with van der Waals surface area (Å²) in [6.45, 7) is 5.71. The molecule has 0 bridgehead atoms. The van der Waals surface area contributed by atoms with E-state index in [0.29, 0.717) is 17.5 Å². The van der Waals surface area contributed by atoms with Crippen molar-refractivity contribution in [3.05, 3.63) is 46.6 Å². The van der Waals surface area contributed by atoms with Crippen molar-refractivity contribution in [3.8, 4) is 0 Å². The molecule has 6 nitrogen and oxygen atoms in total. The zero-order valence-electron chi connectivity index (χ0n) is 13.2. The van der Waals surface area contributed by atoms with Gasteiger partial charge in [0.2, 0.25) is 0 Å². The van der Waals surface area contributed by atoms with E-state index in [1.165, 1.54) is 0 Å². The number of aliphatic hydroxyl groups excluding tert-OH is 1. The summed E-state index contributed by atoms with van der Waals surface area (Å²) in [5.74, 6) is 0.528. The molecular formula is C16H20ClN5O. The number of hydrogen-bond donors (Lipinski definition) is 2. The van der Waals surface area contributed by atoms with E-state index in [0.717, 1.165) is 23.4 Å². The lowest BCUT2D eigenvalue weighted by molar-refractivity contribution is 0.302. The van der Waals surface area contributed by atoms with E-state index >= 15 is 0 Å². The van der Waals surface area contributed by atoms with Gasteiger partial charge in [0, 0.05) is 18.8 Å². The van der Waals surface area contributed by atoms with E-state index in [1.807, 2.05) is 19.1 Å². The van der Waals surface area contributed by atoms with E-state index < -0.39 is 0 Å². The van der Waals surface area contributed by atoms with Crippen molar-refractivity contribution in [2.45, 2.75) is 13.8 Å².